The molecule has 0 radical (unpaired) electrons. The number of carbonyl (C=O) groups excluding carboxylic acids is 1. The van der Waals surface area contributed by atoms with Gasteiger partial charge in [-0.3, -0.25) is 9.69 Å². The van der Waals surface area contributed by atoms with Crippen LogP contribution in [0.4, 0.5) is 0 Å². The van der Waals surface area contributed by atoms with E-state index in [2.05, 4.69) is 69.2 Å². The van der Waals surface area contributed by atoms with Crippen molar-refractivity contribution in [1.29, 1.82) is 0 Å². The van der Waals surface area contributed by atoms with E-state index >= 15 is 0 Å². The average molecular weight is 414 g/mol. The highest BCUT2D eigenvalue weighted by molar-refractivity contribution is 7.09. The highest BCUT2D eigenvalue weighted by Crippen LogP contribution is 2.20. The number of nitrogens with one attached hydrogen (secondary N) is 2. The number of hydrogen-bond donors (Lipinski definition) is 2. The monoisotopic (exact) mass is 413 g/mol. The summed E-state index contributed by atoms with van der Waals surface area (Å²) in [5.41, 5.74) is 1.33. The number of likely N-dealkylation sites (N-methyl/N-ethyl adjacent to an activating group) is 1. The summed E-state index contributed by atoms with van der Waals surface area (Å²) < 4.78 is 0. The Morgan fingerprint density at radius 1 is 1.24 bits per heavy atom. The third-order valence-electron chi connectivity index (χ3n) is 5.15. The molecule has 1 aliphatic rings. The van der Waals surface area contributed by atoms with Crippen molar-refractivity contribution in [2.75, 3.05) is 27.2 Å². The Morgan fingerprint density at radius 3 is 2.72 bits per heavy atom. The molecule has 1 aromatic heterocycles. The fraction of sp³-hybridized carbons (Fsp3) is 0.455. The standard InChI is InChI=1S/C22H31N5OS/c1-17-12-19(16-27(17)15-18-8-5-4-6-9-18)25-22(24-14-21(28)26(2)3)23-13-20-10-7-11-29-20/h4-11,17,19H,12-16H2,1-3H3,(H2,23,24,25). The fourth-order valence-electron chi connectivity index (χ4n) is 3.46. The molecule has 29 heavy (non-hydrogen) atoms. The summed E-state index contributed by atoms with van der Waals surface area (Å²) in [6.45, 7) is 5.03. The lowest BCUT2D eigenvalue weighted by Crippen LogP contribution is -2.44. The zero-order valence-electron chi connectivity index (χ0n) is 17.5. The van der Waals surface area contributed by atoms with Gasteiger partial charge in [-0.1, -0.05) is 36.4 Å². The number of likely N-dealkylation sites (tertiary alicyclic amines) is 1. The Kier molecular flexibility index (Phi) is 7.66. The Hall–Kier alpha value is -2.38. The molecule has 2 aromatic rings. The van der Waals surface area contributed by atoms with Crippen LogP contribution >= 0.6 is 11.3 Å². The lowest BCUT2D eigenvalue weighted by molar-refractivity contribution is -0.127. The second-order valence-corrected chi connectivity index (χ2v) is 8.76. The van der Waals surface area contributed by atoms with Gasteiger partial charge in [-0.05, 0) is 30.4 Å². The first kappa shape index (κ1) is 21.3. The van der Waals surface area contributed by atoms with Crippen LogP contribution in [-0.4, -0.2) is 60.9 Å². The Labute approximate surface area is 177 Å². The first-order valence-corrected chi connectivity index (χ1v) is 10.9. The minimum atomic E-state index is -0.00674. The molecule has 6 nitrogen and oxygen atoms in total. The van der Waals surface area contributed by atoms with E-state index in [1.807, 2.05) is 6.07 Å². The van der Waals surface area contributed by atoms with E-state index in [1.54, 1.807) is 30.3 Å². The number of nitrogens with zero attached hydrogens (tertiary/aromatic N) is 3. The molecule has 2 atom stereocenters. The molecular formula is C22H31N5OS. The van der Waals surface area contributed by atoms with Gasteiger partial charge in [0.05, 0.1) is 6.54 Å². The second-order valence-electron chi connectivity index (χ2n) is 7.73. The number of rotatable bonds is 7. The Morgan fingerprint density at radius 2 is 2.03 bits per heavy atom. The lowest BCUT2D eigenvalue weighted by atomic mass is 10.2. The topological polar surface area (TPSA) is 60.0 Å². The van der Waals surface area contributed by atoms with Crippen LogP contribution in [0.3, 0.4) is 0 Å². The van der Waals surface area contributed by atoms with Crippen molar-refractivity contribution < 1.29 is 4.79 Å². The number of thiophene rings is 1. The van der Waals surface area contributed by atoms with E-state index in [1.165, 1.54) is 10.4 Å². The smallest absolute Gasteiger partial charge is 0.243 e. The van der Waals surface area contributed by atoms with E-state index in [0.29, 0.717) is 24.6 Å². The third-order valence-corrected chi connectivity index (χ3v) is 6.03. The fourth-order valence-corrected chi connectivity index (χ4v) is 4.10. The van der Waals surface area contributed by atoms with Crippen molar-refractivity contribution in [3.63, 3.8) is 0 Å². The number of amides is 1. The van der Waals surface area contributed by atoms with Crippen molar-refractivity contribution in [3.05, 3.63) is 58.3 Å². The Balaban J connectivity index is 1.60. The van der Waals surface area contributed by atoms with E-state index < -0.39 is 0 Å². The lowest BCUT2D eigenvalue weighted by Gasteiger charge is -2.21. The van der Waals surface area contributed by atoms with Gasteiger partial charge in [-0.2, -0.15) is 0 Å². The number of aliphatic imine (C=N–C) groups is 1. The largest absolute Gasteiger partial charge is 0.352 e. The second kappa shape index (κ2) is 10.4. The predicted octanol–water partition coefficient (Wildman–Crippen LogP) is 2.53. The van der Waals surface area contributed by atoms with Gasteiger partial charge >= 0.3 is 0 Å². The van der Waals surface area contributed by atoms with Crippen molar-refractivity contribution in [2.45, 2.75) is 38.5 Å². The van der Waals surface area contributed by atoms with Crippen molar-refractivity contribution in [3.8, 4) is 0 Å². The maximum absolute atomic E-state index is 12.0. The van der Waals surface area contributed by atoms with Gasteiger partial charge < -0.3 is 15.5 Å². The van der Waals surface area contributed by atoms with E-state index in [9.17, 15) is 4.79 Å². The van der Waals surface area contributed by atoms with Gasteiger partial charge in [-0.25, -0.2) is 4.99 Å². The molecule has 2 unspecified atom stereocenters. The van der Waals surface area contributed by atoms with Crippen LogP contribution in [0.15, 0.2) is 52.8 Å². The predicted molar refractivity (Wildman–Crippen MR) is 120 cm³/mol. The molecule has 2 N–H and O–H groups in total. The summed E-state index contributed by atoms with van der Waals surface area (Å²) in [4.78, 5) is 21.8. The summed E-state index contributed by atoms with van der Waals surface area (Å²) in [5, 5.41) is 9.00. The summed E-state index contributed by atoms with van der Waals surface area (Å²) in [6, 6.07) is 15.5. The summed E-state index contributed by atoms with van der Waals surface area (Å²) in [6.07, 6.45) is 1.05. The summed E-state index contributed by atoms with van der Waals surface area (Å²) >= 11 is 1.71. The maximum Gasteiger partial charge on any atom is 0.243 e. The van der Waals surface area contributed by atoms with Gasteiger partial charge in [0, 0.05) is 44.1 Å². The molecule has 7 heteroatoms. The molecule has 3 rings (SSSR count). The number of carbonyl (C=O) groups is 1. The quantitative estimate of drug-likeness (QED) is 0.541. The molecule has 0 spiro atoms. The van der Waals surface area contributed by atoms with Crippen molar-refractivity contribution >= 4 is 23.2 Å². The van der Waals surface area contributed by atoms with Gasteiger partial charge in [-0.15, -0.1) is 11.3 Å². The van der Waals surface area contributed by atoms with Crippen LogP contribution in [0.2, 0.25) is 0 Å². The van der Waals surface area contributed by atoms with Crippen molar-refractivity contribution in [1.82, 2.24) is 20.4 Å². The maximum atomic E-state index is 12.0. The normalized spacial score (nSPS) is 19.9. The zero-order chi connectivity index (χ0) is 20.6. The molecule has 156 valence electrons. The van der Waals surface area contributed by atoms with E-state index in [0.717, 1.165) is 19.5 Å². The number of benzene rings is 1. The number of hydrogen-bond acceptors (Lipinski definition) is 4. The van der Waals surface area contributed by atoms with Crippen LogP contribution in [0, 0.1) is 0 Å². The highest BCUT2D eigenvalue weighted by Gasteiger charge is 2.29. The molecule has 0 saturated carbocycles. The Bertz CT molecular complexity index is 791. The molecule has 0 aliphatic carbocycles. The molecule has 2 heterocycles. The van der Waals surface area contributed by atoms with Crippen LogP contribution in [0.25, 0.3) is 0 Å². The van der Waals surface area contributed by atoms with Crippen LogP contribution in [0.5, 0.6) is 0 Å². The zero-order valence-corrected chi connectivity index (χ0v) is 18.3. The minimum absolute atomic E-state index is 0.00674. The van der Waals surface area contributed by atoms with Gasteiger partial charge in [0.15, 0.2) is 5.96 Å². The SMILES string of the molecule is CC1CC(NC(=NCC(=O)N(C)C)NCc2cccs2)CN1Cc1ccccc1. The van der Waals surface area contributed by atoms with E-state index in [-0.39, 0.29) is 12.5 Å². The van der Waals surface area contributed by atoms with Crippen LogP contribution in [-0.2, 0) is 17.9 Å². The summed E-state index contributed by atoms with van der Waals surface area (Å²) in [5.74, 6) is 0.695. The third kappa shape index (κ3) is 6.58. The molecule has 1 amide bonds. The van der Waals surface area contributed by atoms with E-state index in [4.69, 9.17) is 0 Å². The van der Waals surface area contributed by atoms with Crippen LogP contribution in [0.1, 0.15) is 23.8 Å². The first-order valence-electron chi connectivity index (χ1n) is 10.1. The number of guanidine groups is 1. The van der Waals surface area contributed by atoms with Crippen LogP contribution < -0.4 is 10.6 Å². The van der Waals surface area contributed by atoms with Gasteiger partial charge in [0.25, 0.3) is 0 Å². The summed E-state index contributed by atoms with van der Waals surface area (Å²) in [7, 11) is 3.51. The van der Waals surface area contributed by atoms with Crippen molar-refractivity contribution in [2.24, 2.45) is 4.99 Å². The molecule has 1 aromatic carbocycles. The highest BCUT2D eigenvalue weighted by atomic mass is 32.1. The molecule has 0 bridgehead atoms. The molecule has 1 saturated heterocycles. The molecular weight excluding hydrogens is 382 g/mol. The van der Waals surface area contributed by atoms with Gasteiger partial charge in [0.1, 0.15) is 6.54 Å². The molecule has 1 aliphatic heterocycles. The average Bonchev–Trinajstić information content (AvgIpc) is 3.34. The first-order chi connectivity index (χ1) is 14.0. The minimum Gasteiger partial charge on any atom is -0.352 e. The van der Waals surface area contributed by atoms with Gasteiger partial charge in [0.2, 0.25) is 5.91 Å². The molecule has 1 fully saturated rings.